The molecule has 2 aromatic carbocycles. The number of hydrogen-bond donors (Lipinski definition) is 2. The number of carbonyl (C=O) groups is 1. The molecular weight excluding hydrogens is 512 g/mol. The molecule has 2 N–H and O–H groups in total. The largest absolute Gasteiger partial charge is 0.416 e. The Bertz CT molecular complexity index is 1270. The van der Waals surface area contributed by atoms with Gasteiger partial charge in [0.05, 0.1) is 16.8 Å². The van der Waals surface area contributed by atoms with Crippen molar-refractivity contribution < 1.29 is 31.1 Å². The highest BCUT2D eigenvalue weighted by Gasteiger charge is 2.37. The van der Waals surface area contributed by atoms with Crippen LogP contribution in [0.25, 0.3) is 11.1 Å². The summed E-state index contributed by atoms with van der Waals surface area (Å²) in [5, 5.41) is 5.48. The first-order chi connectivity index (χ1) is 17.7. The molecule has 0 aliphatic rings. The SMILES string of the molecule is CNC(=O)c1nc(NCCN(C)C)nc(Cc2cc(C(F)(F)F)cc(C(F)(F)F)c2)c1-c1ccccc1C. The molecule has 0 fully saturated rings. The number of nitrogens with one attached hydrogen (secondary N) is 2. The first kappa shape index (κ1) is 28.9. The van der Waals surface area contributed by atoms with Crippen molar-refractivity contribution in [3.63, 3.8) is 0 Å². The number of anilines is 1. The Morgan fingerprint density at radius 1 is 0.947 bits per heavy atom. The van der Waals surface area contributed by atoms with Crippen LogP contribution in [-0.4, -0.2) is 55.0 Å². The topological polar surface area (TPSA) is 70.2 Å². The second kappa shape index (κ2) is 11.4. The molecule has 0 saturated carbocycles. The fraction of sp³-hybridized carbons (Fsp3) is 0.346. The summed E-state index contributed by atoms with van der Waals surface area (Å²) < 4.78 is 81.0. The van der Waals surface area contributed by atoms with E-state index in [1.165, 1.54) is 7.05 Å². The summed E-state index contributed by atoms with van der Waals surface area (Å²) in [5.41, 5.74) is -1.58. The van der Waals surface area contributed by atoms with Gasteiger partial charge in [-0.15, -0.1) is 0 Å². The van der Waals surface area contributed by atoms with Crippen LogP contribution in [0.5, 0.6) is 0 Å². The van der Waals surface area contributed by atoms with Crippen molar-refractivity contribution in [3.8, 4) is 11.1 Å². The molecule has 0 unspecified atom stereocenters. The summed E-state index contributed by atoms with van der Waals surface area (Å²) in [6, 6.07) is 8.33. The molecule has 6 nitrogen and oxygen atoms in total. The summed E-state index contributed by atoms with van der Waals surface area (Å²) in [6.45, 7) is 2.73. The average Bonchev–Trinajstić information content (AvgIpc) is 2.82. The molecule has 3 rings (SSSR count). The normalized spacial score (nSPS) is 12.1. The smallest absolute Gasteiger partial charge is 0.354 e. The Balaban J connectivity index is 2.27. The minimum Gasteiger partial charge on any atom is -0.354 e. The fourth-order valence-electron chi connectivity index (χ4n) is 3.84. The number of nitrogens with zero attached hydrogens (tertiary/aromatic N) is 3. The van der Waals surface area contributed by atoms with Gasteiger partial charge in [-0.1, -0.05) is 24.3 Å². The Kier molecular flexibility index (Phi) is 8.65. The summed E-state index contributed by atoms with van der Waals surface area (Å²) in [6.07, 6.45) is -10.4. The lowest BCUT2D eigenvalue weighted by molar-refractivity contribution is -0.143. The quantitative estimate of drug-likeness (QED) is 0.375. The molecule has 1 aromatic heterocycles. The van der Waals surface area contributed by atoms with Crippen molar-refractivity contribution in [2.24, 2.45) is 0 Å². The van der Waals surface area contributed by atoms with Crippen molar-refractivity contribution in [1.82, 2.24) is 20.2 Å². The van der Waals surface area contributed by atoms with Crippen LogP contribution in [0, 0.1) is 6.92 Å². The Morgan fingerprint density at radius 2 is 1.55 bits per heavy atom. The number of halogens is 6. The van der Waals surface area contributed by atoms with Crippen molar-refractivity contribution in [2.75, 3.05) is 39.5 Å². The highest BCUT2D eigenvalue weighted by atomic mass is 19.4. The zero-order valence-electron chi connectivity index (χ0n) is 21.2. The number of benzene rings is 2. The van der Waals surface area contributed by atoms with E-state index in [-0.39, 0.29) is 34.5 Å². The Hall–Kier alpha value is -3.67. The lowest BCUT2D eigenvalue weighted by atomic mass is 9.93. The number of hydrogen-bond acceptors (Lipinski definition) is 5. The number of likely N-dealkylation sites (N-methyl/N-ethyl adjacent to an activating group) is 1. The van der Waals surface area contributed by atoms with Gasteiger partial charge in [0.2, 0.25) is 5.95 Å². The first-order valence-electron chi connectivity index (χ1n) is 11.6. The number of alkyl halides is 6. The molecule has 12 heteroatoms. The van der Waals surface area contributed by atoms with Crippen LogP contribution in [0.2, 0.25) is 0 Å². The van der Waals surface area contributed by atoms with Gasteiger partial charge in [-0.2, -0.15) is 26.3 Å². The van der Waals surface area contributed by atoms with Gasteiger partial charge in [-0.3, -0.25) is 4.79 Å². The molecule has 1 heterocycles. The predicted molar refractivity (Wildman–Crippen MR) is 132 cm³/mol. The Morgan fingerprint density at radius 3 is 2.08 bits per heavy atom. The van der Waals surface area contributed by atoms with Gasteiger partial charge in [0, 0.05) is 32.1 Å². The standard InChI is InChI=1S/C26H27F6N5O/c1-15-7-5-6-8-19(15)21-20(35-24(34-9-10-37(3)4)36-22(21)23(38)33-2)13-16-11-17(25(27,28)29)14-18(12-16)26(30,31)32/h5-8,11-12,14H,9-10,13H2,1-4H3,(H,33,38)(H,34,35,36). The van der Waals surface area contributed by atoms with Crippen LogP contribution in [0.4, 0.5) is 32.3 Å². The maximum absolute atomic E-state index is 13.5. The molecule has 0 spiro atoms. The van der Waals surface area contributed by atoms with E-state index in [2.05, 4.69) is 20.6 Å². The molecule has 0 bridgehead atoms. The lowest BCUT2D eigenvalue weighted by Crippen LogP contribution is -2.25. The molecule has 0 radical (unpaired) electrons. The van der Waals surface area contributed by atoms with E-state index in [0.717, 1.165) is 5.56 Å². The third-order valence-electron chi connectivity index (χ3n) is 5.70. The van der Waals surface area contributed by atoms with Crippen LogP contribution in [0.1, 0.15) is 38.4 Å². The van der Waals surface area contributed by atoms with E-state index in [9.17, 15) is 31.1 Å². The molecule has 0 aliphatic carbocycles. The lowest BCUT2D eigenvalue weighted by Gasteiger charge is -2.19. The van der Waals surface area contributed by atoms with Crippen LogP contribution in [0.3, 0.4) is 0 Å². The average molecular weight is 540 g/mol. The van der Waals surface area contributed by atoms with Crippen LogP contribution >= 0.6 is 0 Å². The van der Waals surface area contributed by atoms with Crippen molar-refractivity contribution in [2.45, 2.75) is 25.7 Å². The molecule has 0 aliphatic heterocycles. The van der Waals surface area contributed by atoms with E-state index in [4.69, 9.17) is 0 Å². The molecule has 3 aromatic rings. The second-order valence-electron chi connectivity index (χ2n) is 8.93. The maximum atomic E-state index is 13.5. The van der Waals surface area contributed by atoms with E-state index in [0.29, 0.717) is 30.8 Å². The van der Waals surface area contributed by atoms with E-state index in [1.54, 1.807) is 31.2 Å². The fourth-order valence-corrected chi connectivity index (χ4v) is 3.84. The number of rotatable bonds is 8. The number of carbonyl (C=O) groups excluding carboxylic acids is 1. The van der Waals surface area contributed by atoms with Gasteiger partial charge in [0.1, 0.15) is 5.69 Å². The number of aryl methyl sites for hydroxylation is 1. The molecule has 38 heavy (non-hydrogen) atoms. The second-order valence-corrected chi connectivity index (χ2v) is 8.93. The minimum absolute atomic E-state index is 0.0285. The van der Waals surface area contributed by atoms with Crippen molar-refractivity contribution >= 4 is 11.9 Å². The molecule has 0 atom stereocenters. The summed E-state index contributed by atoms with van der Waals surface area (Å²) >= 11 is 0. The molecule has 204 valence electrons. The van der Waals surface area contributed by atoms with Crippen molar-refractivity contribution in [1.29, 1.82) is 0 Å². The predicted octanol–water partition coefficient (Wildman–Crippen LogP) is 5.41. The molecular formula is C26H27F6N5O. The third-order valence-corrected chi connectivity index (χ3v) is 5.70. The number of aromatic nitrogens is 2. The van der Waals surface area contributed by atoms with Crippen LogP contribution in [0.15, 0.2) is 42.5 Å². The monoisotopic (exact) mass is 539 g/mol. The van der Waals surface area contributed by atoms with Gasteiger partial charge in [-0.05, 0) is 55.9 Å². The highest BCUT2D eigenvalue weighted by Crippen LogP contribution is 2.38. The van der Waals surface area contributed by atoms with E-state index < -0.39 is 35.8 Å². The van der Waals surface area contributed by atoms with Gasteiger partial charge >= 0.3 is 12.4 Å². The first-order valence-corrected chi connectivity index (χ1v) is 11.6. The zero-order chi connectivity index (χ0) is 28.3. The maximum Gasteiger partial charge on any atom is 0.416 e. The van der Waals surface area contributed by atoms with E-state index in [1.807, 2.05) is 19.0 Å². The van der Waals surface area contributed by atoms with Gasteiger partial charge in [0.25, 0.3) is 5.91 Å². The summed E-state index contributed by atoms with van der Waals surface area (Å²) in [5.74, 6) is -0.552. The van der Waals surface area contributed by atoms with Crippen molar-refractivity contribution in [3.05, 3.63) is 76.1 Å². The van der Waals surface area contributed by atoms with Crippen LogP contribution < -0.4 is 10.6 Å². The number of amides is 1. The minimum atomic E-state index is -4.99. The molecule has 0 saturated heterocycles. The summed E-state index contributed by atoms with van der Waals surface area (Å²) in [7, 11) is 5.08. The third kappa shape index (κ3) is 7.00. The highest BCUT2D eigenvalue weighted by molar-refractivity contribution is 6.00. The van der Waals surface area contributed by atoms with Gasteiger partial charge in [0.15, 0.2) is 0 Å². The van der Waals surface area contributed by atoms with Gasteiger partial charge in [-0.25, -0.2) is 9.97 Å². The zero-order valence-corrected chi connectivity index (χ0v) is 21.2. The van der Waals surface area contributed by atoms with Gasteiger partial charge < -0.3 is 15.5 Å². The molecule has 1 amide bonds. The van der Waals surface area contributed by atoms with Crippen LogP contribution in [-0.2, 0) is 18.8 Å². The summed E-state index contributed by atoms with van der Waals surface area (Å²) in [4.78, 5) is 23.6. The van der Waals surface area contributed by atoms with E-state index >= 15 is 0 Å². The Labute approximate surface area is 216 Å².